The Hall–Kier alpha value is -2.48. The summed E-state index contributed by atoms with van der Waals surface area (Å²) in [5, 5.41) is 5.06. The van der Waals surface area contributed by atoms with Crippen LogP contribution in [0, 0.1) is 11.2 Å². The topological polar surface area (TPSA) is 65.5 Å². The van der Waals surface area contributed by atoms with E-state index in [1.165, 1.54) is 23.5 Å². The van der Waals surface area contributed by atoms with Crippen LogP contribution in [0.15, 0.2) is 23.6 Å². The smallest absolute Gasteiger partial charge is 0.233 e. The highest BCUT2D eigenvalue weighted by Gasteiger charge is 2.25. The fourth-order valence-corrected chi connectivity index (χ4v) is 3.68. The quantitative estimate of drug-likeness (QED) is 0.848. The van der Waals surface area contributed by atoms with Gasteiger partial charge in [0, 0.05) is 30.9 Å². The normalized spacial score (nSPS) is 14.5. The van der Waals surface area contributed by atoms with Gasteiger partial charge in [0.2, 0.25) is 11.8 Å². The molecule has 150 valence electrons. The van der Waals surface area contributed by atoms with Gasteiger partial charge >= 0.3 is 0 Å². The predicted molar refractivity (Wildman–Crippen MR) is 111 cm³/mol. The molecule has 1 aliphatic heterocycles. The van der Waals surface area contributed by atoms with Crippen LogP contribution in [-0.2, 0) is 16.0 Å². The number of aromatic nitrogens is 1. The monoisotopic (exact) mass is 404 g/mol. The van der Waals surface area contributed by atoms with Crippen molar-refractivity contribution in [3.63, 3.8) is 0 Å². The van der Waals surface area contributed by atoms with Crippen LogP contribution in [0.4, 0.5) is 20.9 Å². The van der Waals surface area contributed by atoms with E-state index in [9.17, 15) is 14.0 Å². The van der Waals surface area contributed by atoms with Crippen LogP contribution in [0.2, 0.25) is 0 Å². The van der Waals surface area contributed by atoms with Gasteiger partial charge in [0.15, 0.2) is 5.13 Å². The molecule has 0 saturated heterocycles. The van der Waals surface area contributed by atoms with E-state index in [0.717, 1.165) is 13.0 Å². The number of thiazole rings is 1. The first-order valence-corrected chi connectivity index (χ1v) is 10.1. The Morgan fingerprint density at radius 2 is 2.00 bits per heavy atom. The van der Waals surface area contributed by atoms with E-state index in [2.05, 4.69) is 10.3 Å². The molecule has 2 amide bonds. The number of halogens is 1. The van der Waals surface area contributed by atoms with Gasteiger partial charge in [0.05, 0.1) is 23.5 Å². The number of rotatable bonds is 3. The molecule has 0 aliphatic carbocycles. The molecule has 6 nitrogen and oxygen atoms in total. The van der Waals surface area contributed by atoms with Crippen LogP contribution < -0.4 is 15.1 Å². The van der Waals surface area contributed by atoms with Crippen LogP contribution in [0.25, 0.3) is 0 Å². The van der Waals surface area contributed by atoms with E-state index < -0.39 is 5.41 Å². The molecule has 0 atom stereocenters. The first kappa shape index (κ1) is 20.3. The zero-order valence-electron chi connectivity index (χ0n) is 16.6. The van der Waals surface area contributed by atoms with Gasteiger partial charge in [0.25, 0.3) is 0 Å². The van der Waals surface area contributed by atoms with Gasteiger partial charge in [-0.25, -0.2) is 9.37 Å². The highest BCUT2D eigenvalue weighted by atomic mass is 32.1. The second kappa shape index (κ2) is 7.87. The van der Waals surface area contributed by atoms with Crippen molar-refractivity contribution < 1.29 is 14.0 Å². The maximum atomic E-state index is 13.7. The number of hydrogen-bond donors (Lipinski definition) is 1. The van der Waals surface area contributed by atoms with E-state index in [0.29, 0.717) is 28.7 Å². The summed E-state index contributed by atoms with van der Waals surface area (Å²) >= 11 is 1.30. The van der Waals surface area contributed by atoms with Gasteiger partial charge in [0.1, 0.15) is 5.82 Å². The molecule has 0 saturated carbocycles. The Bertz CT molecular complexity index is 891. The van der Waals surface area contributed by atoms with Gasteiger partial charge in [-0.2, -0.15) is 0 Å². The lowest BCUT2D eigenvalue weighted by Gasteiger charge is -2.24. The van der Waals surface area contributed by atoms with Gasteiger partial charge in [-0.05, 0) is 24.6 Å². The van der Waals surface area contributed by atoms with Crippen LogP contribution in [0.5, 0.6) is 0 Å². The predicted octanol–water partition coefficient (Wildman–Crippen LogP) is 3.68. The lowest BCUT2D eigenvalue weighted by Crippen LogP contribution is -2.33. The second-order valence-electron chi connectivity index (χ2n) is 7.98. The van der Waals surface area contributed by atoms with Crippen LogP contribution >= 0.6 is 11.3 Å². The fraction of sp³-hybridized carbons (Fsp3) is 0.450. The molecule has 0 radical (unpaired) electrons. The van der Waals surface area contributed by atoms with Crippen molar-refractivity contribution in [2.45, 2.75) is 33.6 Å². The van der Waals surface area contributed by atoms with Crippen molar-refractivity contribution in [2.24, 2.45) is 5.41 Å². The van der Waals surface area contributed by atoms with Crippen molar-refractivity contribution in [1.82, 2.24) is 4.98 Å². The summed E-state index contributed by atoms with van der Waals surface area (Å²) < 4.78 is 13.7. The molecule has 0 spiro atoms. The molecule has 1 N–H and O–H groups in total. The van der Waals surface area contributed by atoms with Crippen LogP contribution in [0.1, 0.15) is 32.9 Å². The fourth-order valence-electron chi connectivity index (χ4n) is 2.98. The summed E-state index contributed by atoms with van der Waals surface area (Å²) in [7, 11) is 1.90. The van der Waals surface area contributed by atoms with E-state index in [4.69, 9.17) is 0 Å². The van der Waals surface area contributed by atoms with E-state index in [1.807, 2.05) is 32.7 Å². The average molecular weight is 405 g/mol. The lowest BCUT2D eigenvalue weighted by atomic mass is 9.96. The Labute approximate surface area is 168 Å². The number of carbonyl (C=O) groups excluding carboxylic acids is 2. The molecule has 2 aromatic rings. The molecule has 1 aromatic heterocycles. The molecule has 0 fully saturated rings. The Kier molecular flexibility index (Phi) is 5.69. The summed E-state index contributed by atoms with van der Waals surface area (Å²) in [6.45, 7) is 6.81. The maximum Gasteiger partial charge on any atom is 0.233 e. The first-order chi connectivity index (χ1) is 13.1. The Balaban J connectivity index is 1.75. The molecule has 2 heterocycles. The van der Waals surface area contributed by atoms with Crippen LogP contribution in [-0.4, -0.2) is 36.9 Å². The molecule has 1 aliphatic rings. The zero-order valence-corrected chi connectivity index (χ0v) is 17.4. The second-order valence-corrected chi connectivity index (χ2v) is 8.84. The molecule has 28 heavy (non-hydrogen) atoms. The minimum absolute atomic E-state index is 0.0952. The van der Waals surface area contributed by atoms with Gasteiger partial charge in [-0.3, -0.25) is 9.59 Å². The third-order valence-corrected chi connectivity index (χ3v) is 5.41. The third-order valence-electron chi connectivity index (χ3n) is 4.60. The summed E-state index contributed by atoms with van der Waals surface area (Å²) in [5.41, 5.74) is 1.52. The average Bonchev–Trinajstić information content (AvgIpc) is 2.97. The molecule has 0 bridgehead atoms. The van der Waals surface area contributed by atoms with E-state index >= 15 is 0 Å². The van der Waals surface area contributed by atoms with Crippen molar-refractivity contribution in [3.05, 3.63) is 35.1 Å². The highest BCUT2D eigenvalue weighted by Crippen LogP contribution is 2.33. The maximum absolute atomic E-state index is 13.7. The lowest BCUT2D eigenvalue weighted by molar-refractivity contribution is -0.123. The van der Waals surface area contributed by atoms with Gasteiger partial charge in [-0.15, -0.1) is 11.3 Å². The van der Waals surface area contributed by atoms with Crippen molar-refractivity contribution in [1.29, 1.82) is 0 Å². The molecular formula is C20H25FN4O2S. The summed E-state index contributed by atoms with van der Waals surface area (Å²) in [4.78, 5) is 33.1. The number of amides is 2. The summed E-state index contributed by atoms with van der Waals surface area (Å²) in [6, 6.07) is 4.49. The first-order valence-electron chi connectivity index (χ1n) is 9.22. The molecule has 1 aromatic carbocycles. The molecule has 3 rings (SSSR count). The molecular weight excluding hydrogens is 379 g/mol. The summed E-state index contributed by atoms with van der Waals surface area (Å²) in [5.74, 6) is -0.535. The van der Waals surface area contributed by atoms with Crippen molar-refractivity contribution in [3.8, 4) is 0 Å². The number of carbonyl (C=O) groups is 2. The van der Waals surface area contributed by atoms with E-state index in [1.54, 1.807) is 16.3 Å². The Morgan fingerprint density at radius 1 is 1.25 bits per heavy atom. The van der Waals surface area contributed by atoms with Gasteiger partial charge < -0.3 is 15.1 Å². The minimum Gasteiger partial charge on any atom is -0.373 e. The zero-order chi connectivity index (χ0) is 20.5. The number of hydrogen-bond acceptors (Lipinski definition) is 5. The summed E-state index contributed by atoms with van der Waals surface area (Å²) in [6.07, 6.45) is 0.922. The van der Waals surface area contributed by atoms with Crippen LogP contribution in [0.3, 0.4) is 0 Å². The molecule has 8 heteroatoms. The number of anilines is 3. The number of benzene rings is 1. The standard InChI is InChI=1S/C20H25FN4O2S/c1-20(2,3)18(27)23-19-22-14(12-28-19)11-17(26)25-9-5-8-24(4)16-10-13(21)6-7-15(16)25/h6-7,10,12H,5,8-9,11H2,1-4H3,(H,22,23,27). The van der Waals surface area contributed by atoms with E-state index in [-0.39, 0.29) is 24.1 Å². The highest BCUT2D eigenvalue weighted by molar-refractivity contribution is 7.13. The van der Waals surface area contributed by atoms with Gasteiger partial charge in [-0.1, -0.05) is 20.8 Å². The molecule has 0 unspecified atom stereocenters. The van der Waals surface area contributed by atoms with Crippen molar-refractivity contribution >= 4 is 39.7 Å². The largest absolute Gasteiger partial charge is 0.373 e. The number of nitrogens with zero attached hydrogens (tertiary/aromatic N) is 3. The minimum atomic E-state index is -0.515. The Morgan fingerprint density at radius 3 is 2.71 bits per heavy atom. The third kappa shape index (κ3) is 4.49. The van der Waals surface area contributed by atoms with Crippen molar-refractivity contribution in [2.75, 3.05) is 35.3 Å². The number of nitrogens with one attached hydrogen (secondary N) is 1. The number of fused-ring (bicyclic) bond motifs is 1. The SMILES string of the molecule is CN1CCCN(C(=O)Cc2csc(NC(=O)C(C)(C)C)n2)c2ccc(F)cc21.